The fraction of sp³-hybridized carbons (Fsp3) is 0.278. The molecule has 1 aliphatic heterocycles. The second-order valence-electron chi connectivity index (χ2n) is 5.84. The Morgan fingerprint density at radius 3 is 2.52 bits per heavy atom. The summed E-state index contributed by atoms with van der Waals surface area (Å²) in [5, 5.41) is 10.3. The summed E-state index contributed by atoms with van der Waals surface area (Å²) >= 11 is 0. The van der Waals surface area contributed by atoms with Crippen LogP contribution in [-0.4, -0.2) is 10.9 Å². The Kier molecular flexibility index (Phi) is 3.52. The van der Waals surface area contributed by atoms with E-state index >= 15 is 0 Å². The predicted octanol–water partition coefficient (Wildman–Crippen LogP) is 3.91. The number of rotatable bonds is 5. The summed E-state index contributed by atoms with van der Waals surface area (Å²) in [6.45, 7) is 4.33. The molecule has 0 spiro atoms. The highest BCUT2D eigenvalue weighted by Crippen LogP contribution is 2.48. The Balaban J connectivity index is 1.77. The first-order valence-electron chi connectivity index (χ1n) is 7.18. The van der Waals surface area contributed by atoms with Gasteiger partial charge in [0.25, 0.3) is 0 Å². The average Bonchev–Trinajstić information content (AvgIpc) is 3.25. The molecule has 1 N–H and O–H groups in total. The summed E-state index contributed by atoms with van der Waals surface area (Å²) < 4.78 is 5.21. The average molecular weight is 282 g/mol. The largest absolute Gasteiger partial charge is 0.449 e. The third-order valence-corrected chi connectivity index (χ3v) is 3.60. The minimum atomic E-state index is -1.14. The number of aliphatic hydroxyl groups excluding tert-OH is 1. The van der Waals surface area contributed by atoms with E-state index in [2.05, 4.69) is 13.8 Å². The maximum atomic E-state index is 12.3. The third-order valence-electron chi connectivity index (χ3n) is 3.60. The second-order valence-corrected chi connectivity index (χ2v) is 5.84. The van der Waals surface area contributed by atoms with Crippen molar-refractivity contribution < 1.29 is 14.6 Å². The molecule has 0 aromatic heterocycles. The van der Waals surface area contributed by atoms with Crippen molar-refractivity contribution in [1.29, 1.82) is 0 Å². The number of aliphatic hydroxyl groups is 1. The normalized spacial score (nSPS) is 13.5. The molecule has 0 saturated carbocycles. The minimum absolute atomic E-state index is 0.319. The monoisotopic (exact) mass is 282 g/mol. The fourth-order valence-electron chi connectivity index (χ4n) is 2.49. The quantitative estimate of drug-likeness (QED) is 0.570. The van der Waals surface area contributed by atoms with Gasteiger partial charge in [0.2, 0.25) is 0 Å². The van der Waals surface area contributed by atoms with Crippen LogP contribution in [0.4, 0.5) is 0 Å². The van der Waals surface area contributed by atoms with Crippen LogP contribution in [-0.2, 0) is 6.42 Å². The fourth-order valence-corrected chi connectivity index (χ4v) is 2.49. The Labute approximate surface area is 124 Å². The molecule has 1 heterocycles. The smallest absolute Gasteiger partial charge is 0.199 e. The highest BCUT2D eigenvalue weighted by atomic mass is 16.6. The SMILES string of the molecule is CC(C)Cc1ccc(C(O)C(=O)c2cccc3c2O3)cc1. The van der Waals surface area contributed by atoms with E-state index < -0.39 is 6.10 Å². The van der Waals surface area contributed by atoms with E-state index in [4.69, 9.17) is 4.74 Å². The van der Waals surface area contributed by atoms with Gasteiger partial charge in [0.05, 0.1) is 5.56 Å². The standard InChI is InChI=1S/C18H18O3/c1-11(2)10-12-6-8-13(9-7-12)16(19)17(20)14-4-3-5-15-18(14)21-15/h3-9,11,16,19H,10H2,1-2H3. The van der Waals surface area contributed by atoms with Crippen LogP contribution >= 0.6 is 0 Å². The Bertz CT molecular complexity index is 671. The van der Waals surface area contributed by atoms with Crippen LogP contribution in [0.15, 0.2) is 42.5 Å². The third kappa shape index (κ3) is 2.83. The molecule has 0 saturated heterocycles. The van der Waals surface area contributed by atoms with Crippen molar-refractivity contribution in [3.05, 3.63) is 59.2 Å². The number of carbonyl (C=O) groups is 1. The van der Waals surface area contributed by atoms with Crippen molar-refractivity contribution in [3.8, 4) is 11.5 Å². The van der Waals surface area contributed by atoms with Crippen LogP contribution < -0.4 is 4.74 Å². The molecule has 0 fully saturated rings. The van der Waals surface area contributed by atoms with Crippen LogP contribution in [0.1, 0.15) is 41.4 Å². The van der Waals surface area contributed by atoms with Crippen LogP contribution in [0.3, 0.4) is 0 Å². The summed E-state index contributed by atoms with van der Waals surface area (Å²) in [6, 6.07) is 12.8. The lowest BCUT2D eigenvalue weighted by atomic mass is 9.97. The van der Waals surface area contributed by atoms with Crippen molar-refractivity contribution in [2.45, 2.75) is 26.4 Å². The topological polar surface area (TPSA) is 49.8 Å². The molecule has 1 aliphatic rings. The molecule has 2 aromatic carbocycles. The van der Waals surface area contributed by atoms with Gasteiger partial charge in [0.15, 0.2) is 17.3 Å². The van der Waals surface area contributed by atoms with Gasteiger partial charge in [-0.2, -0.15) is 0 Å². The van der Waals surface area contributed by atoms with Crippen molar-refractivity contribution in [3.63, 3.8) is 0 Å². The maximum absolute atomic E-state index is 12.3. The molecule has 3 nitrogen and oxygen atoms in total. The molecule has 0 amide bonds. The van der Waals surface area contributed by atoms with Crippen molar-refractivity contribution >= 4 is 5.78 Å². The number of ether oxygens (including phenoxy) is 1. The van der Waals surface area contributed by atoms with E-state index in [1.165, 1.54) is 5.56 Å². The zero-order valence-corrected chi connectivity index (χ0v) is 12.2. The van der Waals surface area contributed by atoms with Crippen molar-refractivity contribution in [1.82, 2.24) is 0 Å². The highest BCUT2D eigenvalue weighted by Gasteiger charge is 2.31. The number of benzene rings is 2. The number of ketones is 1. The number of carbonyl (C=O) groups excluding carboxylic acids is 1. The summed E-state index contributed by atoms with van der Waals surface area (Å²) in [7, 11) is 0. The molecule has 2 aromatic rings. The number of hydrogen-bond donors (Lipinski definition) is 1. The zero-order chi connectivity index (χ0) is 15.0. The summed E-state index contributed by atoms with van der Waals surface area (Å²) in [6.07, 6.45) is -0.154. The van der Waals surface area contributed by atoms with E-state index in [0.29, 0.717) is 22.8 Å². The van der Waals surface area contributed by atoms with E-state index in [1.54, 1.807) is 18.2 Å². The van der Waals surface area contributed by atoms with Gasteiger partial charge in [-0.05, 0) is 35.6 Å². The van der Waals surface area contributed by atoms with E-state index in [-0.39, 0.29) is 5.78 Å². The van der Waals surface area contributed by atoms with Crippen molar-refractivity contribution in [2.75, 3.05) is 0 Å². The molecule has 3 rings (SSSR count). The van der Waals surface area contributed by atoms with Gasteiger partial charge in [0, 0.05) is 0 Å². The molecule has 0 bridgehead atoms. The molecule has 21 heavy (non-hydrogen) atoms. The summed E-state index contributed by atoms with van der Waals surface area (Å²) in [5.74, 6) is 1.58. The van der Waals surface area contributed by atoms with Gasteiger partial charge in [0.1, 0.15) is 6.10 Å². The Morgan fingerprint density at radius 1 is 1.14 bits per heavy atom. The molecule has 0 aliphatic carbocycles. The molecule has 3 heteroatoms. The van der Waals surface area contributed by atoms with Gasteiger partial charge in [-0.15, -0.1) is 0 Å². The van der Waals surface area contributed by atoms with E-state index in [1.807, 2.05) is 24.3 Å². The summed E-state index contributed by atoms with van der Waals surface area (Å²) in [4.78, 5) is 12.3. The van der Waals surface area contributed by atoms with E-state index in [0.717, 1.165) is 12.2 Å². The lowest BCUT2D eigenvalue weighted by molar-refractivity contribution is 0.0747. The number of fused-ring (bicyclic) bond motifs is 1. The first kappa shape index (κ1) is 13.8. The molecular weight excluding hydrogens is 264 g/mol. The van der Waals surface area contributed by atoms with Gasteiger partial charge in [-0.25, -0.2) is 0 Å². The van der Waals surface area contributed by atoms with Gasteiger partial charge in [-0.3, -0.25) is 4.79 Å². The molecule has 0 radical (unpaired) electrons. The first-order valence-corrected chi connectivity index (χ1v) is 7.18. The number of para-hydroxylation sites is 1. The molecule has 1 atom stereocenters. The molecule has 108 valence electrons. The molecular formula is C18H18O3. The lowest BCUT2D eigenvalue weighted by Gasteiger charge is -2.11. The maximum Gasteiger partial charge on any atom is 0.199 e. The van der Waals surface area contributed by atoms with E-state index in [9.17, 15) is 9.90 Å². The Hall–Kier alpha value is -2.13. The predicted molar refractivity (Wildman–Crippen MR) is 80.8 cm³/mol. The summed E-state index contributed by atoms with van der Waals surface area (Å²) in [5.41, 5.74) is 2.28. The number of Topliss-reactive ketones (excluding diaryl/α,β-unsaturated/α-hetero) is 1. The van der Waals surface area contributed by atoms with Gasteiger partial charge >= 0.3 is 0 Å². The van der Waals surface area contributed by atoms with Crippen LogP contribution in [0, 0.1) is 5.92 Å². The second kappa shape index (κ2) is 5.34. The zero-order valence-electron chi connectivity index (χ0n) is 12.2. The number of hydrogen-bond acceptors (Lipinski definition) is 3. The van der Waals surface area contributed by atoms with Crippen molar-refractivity contribution in [2.24, 2.45) is 5.92 Å². The Morgan fingerprint density at radius 2 is 1.86 bits per heavy atom. The van der Waals surface area contributed by atoms with Gasteiger partial charge < -0.3 is 9.84 Å². The highest BCUT2D eigenvalue weighted by molar-refractivity contribution is 6.04. The van der Waals surface area contributed by atoms with Crippen LogP contribution in [0.5, 0.6) is 11.5 Å². The minimum Gasteiger partial charge on any atom is -0.449 e. The first-order chi connectivity index (χ1) is 10.1. The van der Waals surface area contributed by atoms with Crippen LogP contribution in [0.25, 0.3) is 0 Å². The van der Waals surface area contributed by atoms with Crippen LogP contribution in [0.2, 0.25) is 0 Å². The van der Waals surface area contributed by atoms with Gasteiger partial charge in [-0.1, -0.05) is 44.2 Å². The molecule has 1 unspecified atom stereocenters. The lowest BCUT2D eigenvalue weighted by Crippen LogP contribution is -2.11.